The number of nitrogens with one attached hydrogen (secondary N) is 2. The highest BCUT2D eigenvalue weighted by molar-refractivity contribution is 5.91. The molecule has 0 radical (unpaired) electrons. The smallest absolute Gasteiger partial charge is 0.262 e. The van der Waals surface area contributed by atoms with E-state index in [1.807, 2.05) is 30.3 Å². The third-order valence-corrected chi connectivity index (χ3v) is 3.83. The lowest BCUT2D eigenvalue weighted by Crippen LogP contribution is -2.20. The lowest BCUT2D eigenvalue weighted by molar-refractivity contribution is -0.118. The van der Waals surface area contributed by atoms with Crippen LogP contribution in [0.2, 0.25) is 0 Å². The molecule has 0 aliphatic heterocycles. The number of benzene rings is 2. The number of para-hydroxylation sites is 1. The van der Waals surface area contributed by atoms with Gasteiger partial charge in [-0.1, -0.05) is 18.2 Å². The Hall–Kier alpha value is -3.74. The van der Waals surface area contributed by atoms with Crippen LogP contribution in [0, 0.1) is 0 Å². The number of carbonyl (C=O) groups is 1. The first-order valence-electron chi connectivity index (χ1n) is 8.61. The summed E-state index contributed by atoms with van der Waals surface area (Å²) < 4.78 is 16.0. The molecule has 7 nitrogen and oxygen atoms in total. The van der Waals surface area contributed by atoms with E-state index in [2.05, 4.69) is 15.6 Å². The molecule has 1 aromatic heterocycles. The third kappa shape index (κ3) is 5.14. The van der Waals surface area contributed by atoms with Gasteiger partial charge in [-0.3, -0.25) is 4.79 Å². The standard InChI is InChI=1S/C21H21N3O4/c1-26-17-9-10-18(19(12-17)27-2)24-20-11-8-15(13-22-20)23-21(25)14-28-16-6-4-3-5-7-16/h3-13H,14H2,1-2H3,(H,22,24)(H,23,25). The monoisotopic (exact) mass is 379 g/mol. The van der Waals surface area contributed by atoms with Crippen molar-refractivity contribution in [1.82, 2.24) is 4.98 Å². The van der Waals surface area contributed by atoms with Gasteiger partial charge in [0, 0.05) is 6.07 Å². The Morgan fingerprint density at radius 3 is 2.46 bits per heavy atom. The molecule has 7 heteroatoms. The van der Waals surface area contributed by atoms with E-state index in [1.165, 1.54) is 0 Å². The van der Waals surface area contributed by atoms with Gasteiger partial charge in [-0.25, -0.2) is 4.98 Å². The fraction of sp³-hybridized carbons (Fsp3) is 0.143. The minimum Gasteiger partial charge on any atom is -0.497 e. The summed E-state index contributed by atoms with van der Waals surface area (Å²) in [6.45, 7) is -0.0763. The molecule has 28 heavy (non-hydrogen) atoms. The molecule has 1 heterocycles. The number of amides is 1. The maximum atomic E-state index is 12.0. The molecule has 144 valence electrons. The van der Waals surface area contributed by atoms with Gasteiger partial charge in [0.05, 0.1) is 31.8 Å². The molecule has 0 spiro atoms. The van der Waals surface area contributed by atoms with E-state index in [4.69, 9.17) is 14.2 Å². The molecule has 0 saturated carbocycles. The molecule has 2 N–H and O–H groups in total. The van der Waals surface area contributed by atoms with Crippen molar-refractivity contribution in [3.63, 3.8) is 0 Å². The second kappa shape index (κ2) is 9.27. The first-order valence-corrected chi connectivity index (χ1v) is 8.61. The first-order chi connectivity index (χ1) is 13.7. The van der Waals surface area contributed by atoms with Crippen molar-refractivity contribution < 1.29 is 19.0 Å². The van der Waals surface area contributed by atoms with Crippen LogP contribution in [0.15, 0.2) is 66.9 Å². The number of aromatic nitrogens is 1. The number of ether oxygens (including phenoxy) is 3. The fourth-order valence-corrected chi connectivity index (χ4v) is 2.44. The number of hydrogen-bond donors (Lipinski definition) is 2. The summed E-state index contributed by atoms with van der Waals surface area (Å²) in [5.74, 6) is 2.33. The van der Waals surface area contributed by atoms with Gasteiger partial charge in [-0.05, 0) is 36.4 Å². The normalized spacial score (nSPS) is 10.1. The molecule has 1 amide bonds. The number of hydrogen-bond acceptors (Lipinski definition) is 6. The predicted octanol–water partition coefficient (Wildman–Crippen LogP) is 3.86. The molecule has 0 aliphatic carbocycles. The van der Waals surface area contributed by atoms with E-state index >= 15 is 0 Å². The largest absolute Gasteiger partial charge is 0.497 e. The van der Waals surface area contributed by atoms with Gasteiger partial charge >= 0.3 is 0 Å². The van der Waals surface area contributed by atoms with E-state index in [0.717, 1.165) is 5.69 Å². The van der Waals surface area contributed by atoms with Crippen LogP contribution in [-0.2, 0) is 4.79 Å². The highest BCUT2D eigenvalue weighted by Crippen LogP contribution is 2.31. The van der Waals surface area contributed by atoms with Gasteiger partial charge in [0.1, 0.15) is 23.1 Å². The Bertz CT molecular complexity index is 915. The van der Waals surface area contributed by atoms with Crippen LogP contribution in [0.3, 0.4) is 0 Å². The summed E-state index contributed by atoms with van der Waals surface area (Å²) in [6, 6.07) is 18.1. The Balaban J connectivity index is 1.57. The minimum atomic E-state index is -0.261. The van der Waals surface area contributed by atoms with Gasteiger partial charge in [0.25, 0.3) is 5.91 Å². The maximum absolute atomic E-state index is 12.0. The lowest BCUT2D eigenvalue weighted by Gasteiger charge is -2.12. The Labute approximate surface area is 163 Å². The first kappa shape index (κ1) is 19.0. The van der Waals surface area contributed by atoms with Crippen LogP contribution in [0.1, 0.15) is 0 Å². The van der Waals surface area contributed by atoms with E-state index in [9.17, 15) is 4.79 Å². The average molecular weight is 379 g/mol. The summed E-state index contributed by atoms with van der Waals surface area (Å²) in [4.78, 5) is 16.3. The number of methoxy groups -OCH3 is 2. The summed E-state index contributed by atoms with van der Waals surface area (Å²) >= 11 is 0. The zero-order valence-electron chi connectivity index (χ0n) is 15.6. The van der Waals surface area contributed by atoms with Gasteiger partial charge in [0.15, 0.2) is 6.61 Å². The Morgan fingerprint density at radius 1 is 0.964 bits per heavy atom. The van der Waals surface area contributed by atoms with Crippen LogP contribution < -0.4 is 24.8 Å². The van der Waals surface area contributed by atoms with Gasteiger partial charge in [0.2, 0.25) is 0 Å². The van der Waals surface area contributed by atoms with Crippen molar-refractivity contribution >= 4 is 23.1 Å². The van der Waals surface area contributed by atoms with E-state index in [0.29, 0.717) is 28.8 Å². The molecule has 0 fully saturated rings. The number of nitrogens with zero attached hydrogens (tertiary/aromatic N) is 1. The van der Waals surface area contributed by atoms with Crippen LogP contribution in [-0.4, -0.2) is 31.7 Å². The molecule has 3 rings (SSSR count). The summed E-state index contributed by atoms with van der Waals surface area (Å²) in [7, 11) is 3.19. The van der Waals surface area contributed by atoms with E-state index in [1.54, 1.807) is 50.7 Å². The van der Waals surface area contributed by atoms with Crippen molar-refractivity contribution in [2.45, 2.75) is 0 Å². The topological polar surface area (TPSA) is 81.7 Å². The summed E-state index contributed by atoms with van der Waals surface area (Å²) in [6.07, 6.45) is 1.57. The van der Waals surface area contributed by atoms with Crippen LogP contribution in [0.25, 0.3) is 0 Å². The van der Waals surface area contributed by atoms with Crippen molar-refractivity contribution in [1.29, 1.82) is 0 Å². The van der Waals surface area contributed by atoms with E-state index in [-0.39, 0.29) is 12.5 Å². The van der Waals surface area contributed by atoms with Crippen molar-refractivity contribution in [3.8, 4) is 17.2 Å². The molecule has 0 saturated heterocycles. The van der Waals surface area contributed by atoms with Crippen molar-refractivity contribution in [3.05, 3.63) is 66.9 Å². The highest BCUT2D eigenvalue weighted by atomic mass is 16.5. The molecule has 0 aliphatic rings. The van der Waals surface area contributed by atoms with E-state index < -0.39 is 0 Å². The second-order valence-corrected chi connectivity index (χ2v) is 5.77. The SMILES string of the molecule is COc1ccc(Nc2ccc(NC(=O)COc3ccccc3)cn2)c(OC)c1. The highest BCUT2D eigenvalue weighted by Gasteiger charge is 2.07. The van der Waals surface area contributed by atoms with Gasteiger partial charge in [-0.15, -0.1) is 0 Å². The zero-order chi connectivity index (χ0) is 19.8. The number of anilines is 3. The maximum Gasteiger partial charge on any atom is 0.262 e. The molecular weight excluding hydrogens is 358 g/mol. The van der Waals surface area contributed by atoms with Crippen molar-refractivity contribution in [2.75, 3.05) is 31.5 Å². The fourth-order valence-electron chi connectivity index (χ4n) is 2.44. The molecule has 2 aromatic carbocycles. The number of pyridine rings is 1. The molecule has 0 bridgehead atoms. The van der Waals surface area contributed by atoms with Crippen LogP contribution in [0.5, 0.6) is 17.2 Å². The molecule has 0 atom stereocenters. The average Bonchev–Trinajstić information content (AvgIpc) is 2.74. The lowest BCUT2D eigenvalue weighted by atomic mass is 10.2. The van der Waals surface area contributed by atoms with Gasteiger partial charge < -0.3 is 24.8 Å². The Morgan fingerprint density at radius 2 is 1.79 bits per heavy atom. The van der Waals surface area contributed by atoms with Gasteiger partial charge in [-0.2, -0.15) is 0 Å². The predicted molar refractivity (Wildman–Crippen MR) is 108 cm³/mol. The number of rotatable bonds is 8. The van der Waals surface area contributed by atoms with Crippen molar-refractivity contribution in [2.24, 2.45) is 0 Å². The Kier molecular flexibility index (Phi) is 6.30. The minimum absolute atomic E-state index is 0.0763. The zero-order valence-corrected chi connectivity index (χ0v) is 15.6. The molecule has 0 unspecified atom stereocenters. The number of carbonyl (C=O) groups excluding carboxylic acids is 1. The van der Waals surface area contributed by atoms with Crippen LogP contribution >= 0.6 is 0 Å². The van der Waals surface area contributed by atoms with Crippen LogP contribution in [0.4, 0.5) is 17.2 Å². The summed E-state index contributed by atoms with van der Waals surface area (Å²) in [5.41, 5.74) is 1.33. The summed E-state index contributed by atoms with van der Waals surface area (Å²) in [5, 5.41) is 5.92. The third-order valence-electron chi connectivity index (χ3n) is 3.83. The molecule has 3 aromatic rings. The second-order valence-electron chi connectivity index (χ2n) is 5.77. The molecular formula is C21H21N3O4. The quantitative estimate of drug-likeness (QED) is 0.619.